The van der Waals surface area contributed by atoms with Crippen molar-refractivity contribution in [3.8, 4) is 22.8 Å². The first-order chi connectivity index (χ1) is 15.9. The van der Waals surface area contributed by atoms with Gasteiger partial charge in [0.25, 0.3) is 5.69 Å². The smallest absolute Gasteiger partial charge is 0.280 e. The highest BCUT2D eigenvalue weighted by molar-refractivity contribution is 7.14. The number of aromatic nitrogens is 1. The highest BCUT2D eigenvalue weighted by atomic mass is 32.1. The summed E-state index contributed by atoms with van der Waals surface area (Å²) in [5.74, 6) is 0.102. The van der Waals surface area contributed by atoms with Gasteiger partial charge in [0.05, 0.1) is 22.2 Å². The van der Waals surface area contributed by atoms with E-state index in [0.29, 0.717) is 28.9 Å². The first-order valence-electron chi connectivity index (χ1n) is 9.75. The molecule has 1 aliphatic heterocycles. The fourth-order valence-corrected chi connectivity index (χ4v) is 3.76. The number of hydrogen-bond acceptors (Lipinski definition) is 8. The molecular formula is C22H18N4O6S. The lowest BCUT2D eigenvalue weighted by Gasteiger charge is -2.03. The van der Waals surface area contributed by atoms with Gasteiger partial charge in [-0.3, -0.25) is 25.0 Å². The maximum atomic E-state index is 12.3. The van der Waals surface area contributed by atoms with E-state index in [4.69, 9.17) is 9.47 Å². The summed E-state index contributed by atoms with van der Waals surface area (Å²) in [6, 6.07) is 10.3. The van der Waals surface area contributed by atoms with Crippen LogP contribution in [0.5, 0.6) is 11.5 Å². The van der Waals surface area contributed by atoms with Gasteiger partial charge in [-0.05, 0) is 17.7 Å². The van der Waals surface area contributed by atoms with Crippen LogP contribution >= 0.6 is 11.3 Å². The second kappa shape index (κ2) is 9.49. The molecule has 3 aromatic rings. The number of thiazole rings is 1. The minimum Gasteiger partial charge on any atom is -0.454 e. The normalized spacial score (nSPS) is 12.0. The van der Waals surface area contributed by atoms with Crippen LogP contribution in [0.2, 0.25) is 0 Å². The van der Waals surface area contributed by atoms with Crippen molar-refractivity contribution in [3.63, 3.8) is 0 Å². The molecule has 0 fully saturated rings. The third-order valence-corrected chi connectivity index (χ3v) is 5.42. The summed E-state index contributed by atoms with van der Waals surface area (Å²) in [5.41, 5.74) is 2.54. The van der Waals surface area contributed by atoms with Gasteiger partial charge in [-0.15, -0.1) is 11.3 Å². The van der Waals surface area contributed by atoms with Gasteiger partial charge in [0.1, 0.15) is 0 Å². The molecule has 33 heavy (non-hydrogen) atoms. The van der Waals surface area contributed by atoms with Crippen LogP contribution in [-0.4, -0.2) is 28.5 Å². The number of nitrogens with zero attached hydrogens (tertiary/aromatic N) is 2. The number of rotatable bonds is 7. The third kappa shape index (κ3) is 5.33. The number of ether oxygens (including phenoxy) is 2. The molecule has 1 aromatic heterocycles. The monoisotopic (exact) mass is 466 g/mol. The molecule has 4 rings (SSSR count). The van der Waals surface area contributed by atoms with E-state index < -0.39 is 10.8 Å². The lowest BCUT2D eigenvalue weighted by atomic mass is 10.1. The van der Waals surface area contributed by atoms with Crippen LogP contribution in [-0.2, 0) is 16.1 Å². The Bertz CT molecular complexity index is 1250. The van der Waals surface area contributed by atoms with Crippen LogP contribution in [0.1, 0.15) is 18.1 Å². The number of nitrogens with one attached hydrogen (secondary N) is 2. The Labute approximate surface area is 192 Å². The minimum atomic E-state index is -0.548. The Morgan fingerprint density at radius 3 is 2.64 bits per heavy atom. The molecule has 0 spiro atoms. The summed E-state index contributed by atoms with van der Waals surface area (Å²) in [5, 5.41) is 18.9. The van der Waals surface area contributed by atoms with Crippen LogP contribution in [0.25, 0.3) is 17.3 Å². The van der Waals surface area contributed by atoms with Gasteiger partial charge < -0.3 is 14.8 Å². The summed E-state index contributed by atoms with van der Waals surface area (Å²) in [6.45, 7) is 1.90. The molecule has 2 N–H and O–H groups in total. The number of anilines is 1. The summed E-state index contributed by atoms with van der Waals surface area (Å²) in [6.07, 6.45) is 2.54. The number of hydrogen-bond donors (Lipinski definition) is 2. The van der Waals surface area contributed by atoms with Crippen LogP contribution in [0.4, 0.5) is 10.8 Å². The van der Waals surface area contributed by atoms with Crippen LogP contribution in [0.15, 0.2) is 47.9 Å². The van der Waals surface area contributed by atoms with Gasteiger partial charge in [-0.1, -0.05) is 24.3 Å². The molecule has 2 amide bonds. The first-order valence-corrected chi connectivity index (χ1v) is 10.6. The predicted octanol–water partition coefficient (Wildman–Crippen LogP) is 3.74. The Morgan fingerprint density at radius 2 is 1.94 bits per heavy atom. The number of fused-ring (bicyclic) bond motifs is 1. The van der Waals surface area contributed by atoms with E-state index in [1.165, 1.54) is 42.5 Å². The van der Waals surface area contributed by atoms with E-state index in [1.54, 1.807) is 0 Å². The molecule has 11 heteroatoms. The van der Waals surface area contributed by atoms with Gasteiger partial charge in [0, 0.05) is 30.5 Å². The second-order valence-corrected chi connectivity index (χ2v) is 7.85. The van der Waals surface area contributed by atoms with E-state index >= 15 is 0 Å². The molecular weight excluding hydrogens is 448 g/mol. The van der Waals surface area contributed by atoms with E-state index in [2.05, 4.69) is 15.6 Å². The molecule has 0 radical (unpaired) electrons. The molecule has 0 unspecified atom stereocenters. The standard InChI is InChI=1S/C22H18N4O6S/c1-13(27)23-10-14-2-4-15(5-3-14)17-11-33-22(24-17)25-21(28)7-6-16-8-19-20(32-12-31-19)9-18(16)26(29)30/h2-9,11H,10,12H2,1H3,(H,23,27)(H,24,25,28)/b7-6+. The molecule has 2 aromatic carbocycles. The van der Waals surface area contributed by atoms with E-state index in [-0.39, 0.29) is 24.0 Å². The van der Waals surface area contributed by atoms with Crippen molar-refractivity contribution in [2.24, 2.45) is 0 Å². The predicted molar refractivity (Wildman–Crippen MR) is 122 cm³/mol. The zero-order valence-electron chi connectivity index (χ0n) is 17.4. The Balaban J connectivity index is 1.42. The molecule has 0 atom stereocenters. The number of amides is 2. The quantitative estimate of drug-likeness (QED) is 0.308. The highest BCUT2D eigenvalue weighted by Gasteiger charge is 2.22. The summed E-state index contributed by atoms with van der Waals surface area (Å²) < 4.78 is 10.4. The number of nitro groups is 1. The molecule has 0 saturated carbocycles. The van der Waals surface area contributed by atoms with Crippen molar-refractivity contribution >= 4 is 40.0 Å². The average molecular weight is 466 g/mol. The summed E-state index contributed by atoms with van der Waals surface area (Å²) in [4.78, 5) is 38.5. The molecule has 0 saturated heterocycles. The van der Waals surface area contributed by atoms with Crippen molar-refractivity contribution in [1.29, 1.82) is 0 Å². The molecule has 0 aliphatic carbocycles. The molecule has 1 aliphatic rings. The van der Waals surface area contributed by atoms with Gasteiger partial charge in [-0.25, -0.2) is 4.98 Å². The number of carbonyl (C=O) groups is 2. The van der Waals surface area contributed by atoms with E-state index in [0.717, 1.165) is 11.1 Å². The van der Waals surface area contributed by atoms with Crippen molar-refractivity contribution < 1.29 is 24.0 Å². The van der Waals surface area contributed by atoms with Crippen molar-refractivity contribution in [2.75, 3.05) is 12.1 Å². The van der Waals surface area contributed by atoms with Crippen molar-refractivity contribution in [1.82, 2.24) is 10.3 Å². The summed E-state index contributed by atoms with van der Waals surface area (Å²) in [7, 11) is 0. The zero-order valence-corrected chi connectivity index (χ0v) is 18.2. The first kappa shape index (κ1) is 22.0. The number of carbonyl (C=O) groups excluding carboxylic acids is 2. The molecule has 168 valence electrons. The van der Waals surface area contributed by atoms with Gasteiger partial charge >= 0.3 is 0 Å². The largest absolute Gasteiger partial charge is 0.454 e. The lowest BCUT2D eigenvalue weighted by Crippen LogP contribution is -2.18. The Morgan fingerprint density at radius 1 is 1.21 bits per heavy atom. The topological polar surface area (TPSA) is 133 Å². The molecule has 2 heterocycles. The van der Waals surface area contributed by atoms with Crippen molar-refractivity contribution in [3.05, 3.63) is 69.1 Å². The second-order valence-electron chi connectivity index (χ2n) is 6.99. The maximum absolute atomic E-state index is 12.3. The van der Waals surface area contributed by atoms with Crippen molar-refractivity contribution in [2.45, 2.75) is 13.5 Å². The summed E-state index contributed by atoms with van der Waals surface area (Å²) >= 11 is 1.26. The zero-order chi connectivity index (χ0) is 23.4. The fourth-order valence-electron chi connectivity index (χ4n) is 3.03. The van der Waals surface area contributed by atoms with Crippen LogP contribution < -0.4 is 20.1 Å². The Kier molecular flexibility index (Phi) is 6.31. The van der Waals surface area contributed by atoms with E-state index in [1.807, 2.05) is 29.6 Å². The molecule has 10 nitrogen and oxygen atoms in total. The fraction of sp³-hybridized carbons (Fsp3) is 0.136. The minimum absolute atomic E-state index is 0.00937. The Hall–Kier alpha value is -4.25. The highest BCUT2D eigenvalue weighted by Crippen LogP contribution is 2.38. The number of benzene rings is 2. The average Bonchev–Trinajstić information content (AvgIpc) is 3.45. The number of nitro benzene ring substituents is 1. The lowest BCUT2D eigenvalue weighted by molar-refractivity contribution is -0.385. The van der Waals surface area contributed by atoms with Gasteiger partial charge in [0.15, 0.2) is 16.6 Å². The van der Waals surface area contributed by atoms with Gasteiger partial charge in [0.2, 0.25) is 18.6 Å². The van der Waals surface area contributed by atoms with Crippen LogP contribution in [0, 0.1) is 10.1 Å². The SMILES string of the molecule is CC(=O)NCc1ccc(-c2csc(NC(=O)/C=C/c3cc4c(cc3[N+](=O)[O-])OCO4)n2)cc1. The third-order valence-electron chi connectivity index (χ3n) is 4.66. The van der Waals surface area contributed by atoms with Crippen LogP contribution in [0.3, 0.4) is 0 Å². The maximum Gasteiger partial charge on any atom is 0.280 e. The van der Waals surface area contributed by atoms with Gasteiger partial charge in [-0.2, -0.15) is 0 Å². The molecule has 0 bridgehead atoms. The van der Waals surface area contributed by atoms with E-state index in [9.17, 15) is 19.7 Å².